The Hall–Kier alpha value is -0.930. The largest absolute Gasteiger partial charge is 0.463 e. The Kier molecular flexibility index (Phi) is 4.45. The van der Waals surface area contributed by atoms with E-state index in [9.17, 15) is 13.6 Å². The van der Waals surface area contributed by atoms with Crippen LogP contribution in [0.15, 0.2) is 12.2 Å². The highest BCUT2D eigenvalue weighted by Gasteiger charge is 1.97. The van der Waals surface area contributed by atoms with Crippen molar-refractivity contribution in [3.8, 4) is 0 Å². The molecule has 0 heterocycles. The number of alkyl halides is 2. The molecule has 58 valence electrons. The van der Waals surface area contributed by atoms with Gasteiger partial charge in [0, 0.05) is 6.08 Å². The van der Waals surface area contributed by atoms with Gasteiger partial charge in [0.25, 0.3) is 6.43 Å². The van der Waals surface area contributed by atoms with Crippen LogP contribution in [0.25, 0.3) is 0 Å². The lowest BCUT2D eigenvalue weighted by Crippen LogP contribution is -1.99. The molecule has 0 rings (SSSR count). The van der Waals surface area contributed by atoms with Gasteiger partial charge in [-0.3, -0.25) is 0 Å². The maximum atomic E-state index is 11.3. The van der Waals surface area contributed by atoms with E-state index < -0.39 is 12.4 Å². The zero-order chi connectivity index (χ0) is 7.98. The molecule has 0 saturated carbocycles. The van der Waals surface area contributed by atoms with Gasteiger partial charge in [-0.15, -0.1) is 0 Å². The summed E-state index contributed by atoms with van der Waals surface area (Å²) in [6.45, 7) is 1.81. The Morgan fingerprint density at radius 2 is 2.30 bits per heavy atom. The van der Waals surface area contributed by atoms with Crippen LogP contribution in [0.5, 0.6) is 0 Å². The Morgan fingerprint density at radius 3 is 2.70 bits per heavy atom. The molecule has 0 aliphatic carbocycles. The van der Waals surface area contributed by atoms with E-state index >= 15 is 0 Å². The van der Waals surface area contributed by atoms with Crippen molar-refractivity contribution in [3.05, 3.63) is 12.2 Å². The molecular weight excluding hydrogens is 142 g/mol. The van der Waals surface area contributed by atoms with Crippen molar-refractivity contribution in [1.29, 1.82) is 0 Å². The van der Waals surface area contributed by atoms with Crippen LogP contribution >= 0.6 is 0 Å². The second kappa shape index (κ2) is 4.90. The smallest absolute Gasteiger partial charge is 0.330 e. The van der Waals surface area contributed by atoms with Gasteiger partial charge in [0.05, 0.1) is 6.61 Å². The number of hydrogen-bond donors (Lipinski definition) is 0. The molecule has 0 aromatic carbocycles. The van der Waals surface area contributed by atoms with E-state index in [1.165, 1.54) is 0 Å². The van der Waals surface area contributed by atoms with Gasteiger partial charge >= 0.3 is 5.97 Å². The summed E-state index contributed by atoms with van der Waals surface area (Å²) < 4.78 is 27.0. The van der Waals surface area contributed by atoms with Crippen LogP contribution in [0.1, 0.15) is 6.92 Å². The van der Waals surface area contributed by atoms with Crippen LogP contribution < -0.4 is 0 Å². The van der Waals surface area contributed by atoms with Crippen molar-refractivity contribution in [2.24, 2.45) is 0 Å². The van der Waals surface area contributed by atoms with Crippen LogP contribution in [0.2, 0.25) is 0 Å². The summed E-state index contributed by atoms with van der Waals surface area (Å²) in [5, 5.41) is 0. The van der Waals surface area contributed by atoms with Gasteiger partial charge in [-0.2, -0.15) is 0 Å². The SMILES string of the molecule is CCOC(=O)C=CC(F)F. The lowest BCUT2D eigenvalue weighted by molar-refractivity contribution is -0.137. The quantitative estimate of drug-likeness (QED) is 0.448. The lowest BCUT2D eigenvalue weighted by Gasteiger charge is -1.93. The van der Waals surface area contributed by atoms with E-state index in [-0.39, 0.29) is 6.61 Å². The van der Waals surface area contributed by atoms with E-state index in [1.54, 1.807) is 6.92 Å². The molecule has 0 amide bonds. The van der Waals surface area contributed by atoms with E-state index in [4.69, 9.17) is 0 Å². The summed E-state index contributed by atoms with van der Waals surface area (Å²) >= 11 is 0. The van der Waals surface area contributed by atoms with Crippen LogP contribution in [-0.4, -0.2) is 19.0 Å². The molecule has 0 bridgehead atoms. The van der Waals surface area contributed by atoms with Crippen molar-refractivity contribution in [2.45, 2.75) is 13.3 Å². The van der Waals surface area contributed by atoms with Crippen LogP contribution in [-0.2, 0) is 9.53 Å². The molecule has 0 spiro atoms. The Morgan fingerprint density at radius 1 is 1.70 bits per heavy atom. The first-order valence-corrected chi connectivity index (χ1v) is 2.80. The Labute approximate surface area is 57.5 Å². The maximum absolute atomic E-state index is 11.3. The zero-order valence-electron chi connectivity index (χ0n) is 5.51. The van der Waals surface area contributed by atoms with E-state index in [1.807, 2.05) is 0 Å². The van der Waals surface area contributed by atoms with Crippen molar-refractivity contribution in [1.82, 2.24) is 0 Å². The predicted molar refractivity (Wildman–Crippen MR) is 31.8 cm³/mol. The maximum Gasteiger partial charge on any atom is 0.330 e. The number of allylic oxidation sites excluding steroid dienone is 1. The number of halogens is 2. The highest BCUT2D eigenvalue weighted by Crippen LogP contribution is 1.93. The summed E-state index contributed by atoms with van der Waals surface area (Å²) in [6.07, 6.45) is -1.39. The molecule has 0 aromatic heterocycles. The van der Waals surface area contributed by atoms with E-state index in [0.29, 0.717) is 12.2 Å². The third-order valence-electron chi connectivity index (χ3n) is 0.664. The van der Waals surface area contributed by atoms with Gasteiger partial charge in [-0.25, -0.2) is 13.6 Å². The minimum Gasteiger partial charge on any atom is -0.463 e. The van der Waals surface area contributed by atoms with Crippen LogP contribution in [0.3, 0.4) is 0 Å². The molecule has 0 unspecified atom stereocenters. The Balaban J connectivity index is 3.56. The molecule has 0 N–H and O–H groups in total. The molecule has 4 heteroatoms. The summed E-state index contributed by atoms with van der Waals surface area (Å²) in [6, 6.07) is 0. The molecule has 0 fully saturated rings. The zero-order valence-corrected chi connectivity index (χ0v) is 5.51. The second-order valence-corrected chi connectivity index (χ2v) is 1.45. The fraction of sp³-hybridized carbons (Fsp3) is 0.500. The average Bonchev–Trinajstić information content (AvgIpc) is 1.85. The van der Waals surface area contributed by atoms with E-state index in [0.717, 1.165) is 0 Å². The Bertz CT molecular complexity index is 132. The predicted octanol–water partition coefficient (Wildman–Crippen LogP) is 1.37. The highest BCUT2D eigenvalue weighted by atomic mass is 19.3. The van der Waals surface area contributed by atoms with Crippen molar-refractivity contribution in [2.75, 3.05) is 6.61 Å². The number of hydrogen-bond acceptors (Lipinski definition) is 2. The average molecular weight is 150 g/mol. The minimum absolute atomic E-state index is 0.201. The fourth-order valence-corrected chi connectivity index (χ4v) is 0.342. The molecule has 0 aromatic rings. The molecule has 0 atom stereocenters. The monoisotopic (exact) mass is 150 g/mol. The third-order valence-corrected chi connectivity index (χ3v) is 0.664. The van der Waals surface area contributed by atoms with Crippen molar-refractivity contribution < 1.29 is 18.3 Å². The third kappa shape index (κ3) is 5.21. The molecule has 2 nitrogen and oxygen atoms in total. The molecule has 0 saturated heterocycles. The van der Waals surface area contributed by atoms with Gasteiger partial charge in [0.15, 0.2) is 0 Å². The second-order valence-electron chi connectivity index (χ2n) is 1.45. The van der Waals surface area contributed by atoms with Crippen molar-refractivity contribution in [3.63, 3.8) is 0 Å². The summed E-state index contributed by atoms with van der Waals surface area (Å²) in [5.74, 6) is -0.734. The highest BCUT2D eigenvalue weighted by molar-refractivity contribution is 5.81. The standard InChI is InChI=1S/C6H8F2O2/c1-2-10-6(9)4-3-5(7)8/h3-5H,2H2,1H3. The molecule has 0 aliphatic heterocycles. The molecule has 0 radical (unpaired) electrons. The lowest BCUT2D eigenvalue weighted by atomic mass is 10.5. The summed E-state index contributed by atoms with van der Waals surface area (Å²) in [7, 11) is 0. The topological polar surface area (TPSA) is 26.3 Å². The molecule has 0 aliphatic rings. The number of ether oxygens (including phenoxy) is 1. The normalized spacial score (nSPS) is 10.8. The molecular formula is C6H8F2O2. The van der Waals surface area contributed by atoms with Crippen LogP contribution in [0, 0.1) is 0 Å². The number of carbonyl (C=O) groups is 1. The number of rotatable bonds is 3. The van der Waals surface area contributed by atoms with Gasteiger partial charge in [0.1, 0.15) is 0 Å². The minimum atomic E-state index is -2.59. The van der Waals surface area contributed by atoms with Gasteiger partial charge in [-0.05, 0) is 13.0 Å². The van der Waals surface area contributed by atoms with Crippen molar-refractivity contribution >= 4 is 5.97 Å². The first-order chi connectivity index (χ1) is 4.66. The first-order valence-electron chi connectivity index (χ1n) is 2.80. The fourth-order valence-electron chi connectivity index (χ4n) is 0.342. The molecule has 10 heavy (non-hydrogen) atoms. The number of esters is 1. The van der Waals surface area contributed by atoms with E-state index in [2.05, 4.69) is 4.74 Å². The summed E-state index contributed by atoms with van der Waals surface area (Å²) in [5.41, 5.74) is 0. The van der Waals surface area contributed by atoms with Gasteiger partial charge in [0.2, 0.25) is 0 Å². The van der Waals surface area contributed by atoms with Gasteiger partial charge in [-0.1, -0.05) is 0 Å². The number of carbonyl (C=O) groups excluding carboxylic acids is 1. The first kappa shape index (κ1) is 9.07. The van der Waals surface area contributed by atoms with Crippen LogP contribution in [0.4, 0.5) is 8.78 Å². The summed E-state index contributed by atoms with van der Waals surface area (Å²) in [4.78, 5) is 10.3. The van der Waals surface area contributed by atoms with Gasteiger partial charge < -0.3 is 4.74 Å².